The van der Waals surface area contributed by atoms with Crippen molar-refractivity contribution in [1.29, 1.82) is 0 Å². The number of aryl methyl sites for hydroxylation is 1. The Hall–Kier alpha value is -1.85. The van der Waals surface area contributed by atoms with E-state index < -0.39 is 10.0 Å². The van der Waals surface area contributed by atoms with Crippen molar-refractivity contribution in [3.8, 4) is 5.75 Å². The maximum absolute atomic E-state index is 12.2. The minimum Gasteiger partial charge on any atom is -0.489 e. The van der Waals surface area contributed by atoms with E-state index in [9.17, 15) is 8.42 Å². The minimum absolute atomic E-state index is 0. The van der Waals surface area contributed by atoms with Crippen LogP contribution in [-0.2, 0) is 16.6 Å². The Bertz CT molecular complexity index is 977. The molecule has 1 saturated carbocycles. The SMILES string of the molecule is CN=C(NCc1ccc(S(=O)(=O)NC2CC2)cc1)NCC(C)Oc1ccccc1C.I. The van der Waals surface area contributed by atoms with Crippen molar-refractivity contribution in [3.63, 3.8) is 0 Å². The maximum atomic E-state index is 12.2. The monoisotopic (exact) mass is 558 g/mol. The molecule has 7 nitrogen and oxygen atoms in total. The molecule has 0 aromatic heterocycles. The summed E-state index contributed by atoms with van der Waals surface area (Å²) in [5.41, 5.74) is 2.07. The second-order valence-corrected chi connectivity index (χ2v) is 9.25. The van der Waals surface area contributed by atoms with Gasteiger partial charge in [0.05, 0.1) is 11.4 Å². The fourth-order valence-electron chi connectivity index (χ4n) is 2.87. The van der Waals surface area contributed by atoms with E-state index in [0.29, 0.717) is 23.9 Å². The van der Waals surface area contributed by atoms with E-state index >= 15 is 0 Å². The average Bonchev–Trinajstić information content (AvgIpc) is 3.53. The topological polar surface area (TPSA) is 91.8 Å². The Labute approximate surface area is 202 Å². The van der Waals surface area contributed by atoms with Gasteiger partial charge in [0.2, 0.25) is 10.0 Å². The number of aliphatic imine (C=N–C) groups is 1. The van der Waals surface area contributed by atoms with E-state index in [-0.39, 0.29) is 36.1 Å². The van der Waals surface area contributed by atoms with Crippen molar-refractivity contribution in [1.82, 2.24) is 15.4 Å². The van der Waals surface area contributed by atoms with Crippen molar-refractivity contribution < 1.29 is 13.2 Å². The van der Waals surface area contributed by atoms with Gasteiger partial charge in [0.1, 0.15) is 11.9 Å². The first-order chi connectivity index (χ1) is 14.4. The molecule has 1 aliphatic carbocycles. The van der Waals surface area contributed by atoms with Gasteiger partial charge in [0.15, 0.2) is 5.96 Å². The van der Waals surface area contributed by atoms with Crippen molar-refractivity contribution in [2.24, 2.45) is 4.99 Å². The number of hydrogen-bond donors (Lipinski definition) is 3. The van der Waals surface area contributed by atoms with Crippen molar-refractivity contribution in [2.75, 3.05) is 13.6 Å². The molecular formula is C22H31IN4O3S. The number of ether oxygens (including phenoxy) is 1. The van der Waals surface area contributed by atoms with Crippen LogP contribution in [0, 0.1) is 6.92 Å². The van der Waals surface area contributed by atoms with Crippen LogP contribution in [0.1, 0.15) is 30.9 Å². The molecule has 1 unspecified atom stereocenters. The molecule has 0 saturated heterocycles. The van der Waals surface area contributed by atoms with Gasteiger partial charge >= 0.3 is 0 Å². The largest absolute Gasteiger partial charge is 0.489 e. The lowest BCUT2D eigenvalue weighted by molar-refractivity contribution is 0.222. The summed E-state index contributed by atoms with van der Waals surface area (Å²) in [6, 6.07) is 14.9. The molecule has 0 bridgehead atoms. The number of benzene rings is 2. The average molecular weight is 558 g/mol. The molecule has 0 aliphatic heterocycles. The quantitative estimate of drug-likeness (QED) is 0.250. The van der Waals surface area contributed by atoms with Gasteiger partial charge in [-0.2, -0.15) is 0 Å². The molecule has 1 atom stereocenters. The molecular weight excluding hydrogens is 527 g/mol. The lowest BCUT2D eigenvalue weighted by atomic mass is 10.2. The molecule has 0 heterocycles. The van der Waals surface area contributed by atoms with Gasteiger partial charge < -0.3 is 15.4 Å². The van der Waals surface area contributed by atoms with Crippen LogP contribution in [0.5, 0.6) is 5.75 Å². The van der Waals surface area contributed by atoms with Crippen LogP contribution in [0.2, 0.25) is 0 Å². The van der Waals surface area contributed by atoms with Gasteiger partial charge in [-0.1, -0.05) is 30.3 Å². The number of nitrogens with one attached hydrogen (secondary N) is 3. The molecule has 0 spiro atoms. The highest BCUT2D eigenvalue weighted by atomic mass is 127. The summed E-state index contributed by atoms with van der Waals surface area (Å²) in [6.45, 7) is 5.15. The molecule has 1 aliphatic rings. The molecule has 1 fully saturated rings. The standard InChI is InChI=1S/C22H30N4O3S.HI/c1-16-6-4-5-7-21(16)29-17(2)14-24-22(23-3)25-15-18-8-12-20(13-9-18)30(27,28)26-19-10-11-19;/h4-9,12-13,17,19,26H,10-11,14-15H2,1-3H3,(H2,23,24,25);1H. The van der Waals surface area contributed by atoms with E-state index in [4.69, 9.17) is 4.74 Å². The molecule has 0 amide bonds. The van der Waals surface area contributed by atoms with Gasteiger partial charge in [-0.25, -0.2) is 13.1 Å². The summed E-state index contributed by atoms with van der Waals surface area (Å²) in [4.78, 5) is 4.52. The van der Waals surface area contributed by atoms with Gasteiger partial charge in [0.25, 0.3) is 0 Å². The second-order valence-electron chi connectivity index (χ2n) is 7.54. The summed E-state index contributed by atoms with van der Waals surface area (Å²) in [7, 11) is -1.71. The Morgan fingerprint density at radius 1 is 1.13 bits per heavy atom. The fraction of sp³-hybridized carbons (Fsp3) is 0.409. The van der Waals surface area contributed by atoms with Crippen LogP contribution in [0.3, 0.4) is 0 Å². The van der Waals surface area contributed by atoms with Gasteiger partial charge in [-0.15, -0.1) is 24.0 Å². The molecule has 2 aromatic carbocycles. The van der Waals surface area contributed by atoms with Gasteiger partial charge in [-0.3, -0.25) is 4.99 Å². The Morgan fingerprint density at radius 2 is 1.81 bits per heavy atom. The number of guanidine groups is 1. The van der Waals surface area contributed by atoms with Gasteiger partial charge in [0, 0.05) is 19.6 Å². The zero-order valence-corrected chi connectivity index (χ0v) is 21.2. The second kappa shape index (κ2) is 11.7. The van der Waals surface area contributed by atoms with Gasteiger partial charge in [-0.05, 0) is 56.0 Å². The van der Waals surface area contributed by atoms with E-state index in [0.717, 1.165) is 29.7 Å². The van der Waals surface area contributed by atoms with Crippen molar-refractivity contribution >= 4 is 40.0 Å². The lowest BCUT2D eigenvalue weighted by Crippen LogP contribution is -2.41. The van der Waals surface area contributed by atoms with Crippen LogP contribution in [0.15, 0.2) is 58.4 Å². The van der Waals surface area contributed by atoms with E-state index in [1.165, 1.54) is 0 Å². The number of para-hydroxylation sites is 1. The summed E-state index contributed by atoms with van der Waals surface area (Å²) >= 11 is 0. The highest BCUT2D eigenvalue weighted by molar-refractivity contribution is 14.0. The smallest absolute Gasteiger partial charge is 0.240 e. The Kier molecular flexibility index (Phi) is 9.57. The summed E-state index contributed by atoms with van der Waals surface area (Å²) in [5.74, 6) is 1.53. The lowest BCUT2D eigenvalue weighted by Gasteiger charge is -2.19. The highest BCUT2D eigenvalue weighted by Gasteiger charge is 2.27. The summed E-state index contributed by atoms with van der Waals surface area (Å²) in [5, 5.41) is 6.49. The predicted molar refractivity (Wildman–Crippen MR) is 135 cm³/mol. The normalized spacial score (nSPS) is 15.0. The first-order valence-corrected chi connectivity index (χ1v) is 11.6. The number of hydrogen-bond acceptors (Lipinski definition) is 4. The predicted octanol–water partition coefficient (Wildman–Crippen LogP) is 3.19. The zero-order chi connectivity index (χ0) is 21.6. The van der Waals surface area contributed by atoms with Crippen LogP contribution in [0.4, 0.5) is 0 Å². The molecule has 3 N–H and O–H groups in total. The molecule has 2 aromatic rings. The Morgan fingerprint density at radius 3 is 2.42 bits per heavy atom. The maximum Gasteiger partial charge on any atom is 0.240 e. The summed E-state index contributed by atoms with van der Waals surface area (Å²) in [6.07, 6.45) is 1.80. The van der Waals surface area contributed by atoms with Crippen molar-refractivity contribution in [2.45, 2.75) is 50.3 Å². The van der Waals surface area contributed by atoms with Crippen molar-refractivity contribution in [3.05, 3.63) is 59.7 Å². The van der Waals surface area contributed by atoms with Crippen LogP contribution >= 0.6 is 24.0 Å². The van der Waals surface area contributed by atoms with Crippen LogP contribution in [0.25, 0.3) is 0 Å². The highest BCUT2D eigenvalue weighted by Crippen LogP contribution is 2.22. The minimum atomic E-state index is -3.42. The molecule has 9 heteroatoms. The number of rotatable bonds is 9. The summed E-state index contributed by atoms with van der Waals surface area (Å²) < 4.78 is 33.1. The number of sulfonamides is 1. The Balaban J connectivity index is 0.00000341. The van der Waals surface area contributed by atoms with E-state index in [1.54, 1.807) is 19.2 Å². The van der Waals surface area contributed by atoms with E-state index in [2.05, 4.69) is 20.3 Å². The number of nitrogens with zero attached hydrogens (tertiary/aromatic N) is 1. The molecule has 0 radical (unpaired) electrons. The van der Waals surface area contributed by atoms with Crippen LogP contribution < -0.4 is 20.1 Å². The fourth-order valence-corrected chi connectivity index (χ4v) is 4.17. The third-order valence-electron chi connectivity index (χ3n) is 4.80. The first kappa shape index (κ1) is 25.4. The van der Waals surface area contributed by atoms with E-state index in [1.807, 2.05) is 50.2 Å². The molecule has 31 heavy (non-hydrogen) atoms. The third kappa shape index (κ3) is 7.97. The number of halogens is 1. The molecule has 170 valence electrons. The third-order valence-corrected chi connectivity index (χ3v) is 6.33. The first-order valence-electron chi connectivity index (χ1n) is 10.2. The zero-order valence-electron chi connectivity index (χ0n) is 18.1. The molecule has 3 rings (SSSR count). The van der Waals surface area contributed by atoms with Crippen LogP contribution in [-0.4, -0.2) is 40.1 Å².